The predicted octanol–water partition coefficient (Wildman–Crippen LogP) is -1.71. The molecule has 1 aromatic carbocycles. The number of aromatic amines is 1. The molecule has 20 heteroatoms. The van der Waals surface area contributed by atoms with E-state index in [0.717, 1.165) is 10.9 Å². The van der Waals surface area contributed by atoms with Crippen molar-refractivity contribution in [3.05, 3.63) is 36.0 Å². The summed E-state index contributed by atoms with van der Waals surface area (Å²) >= 11 is 0. The molecule has 20 nitrogen and oxygen atoms in total. The number of nitrogens with one attached hydrogen (secondary N) is 8. The van der Waals surface area contributed by atoms with E-state index in [1.54, 1.807) is 65.9 Å². The molecule has 334 valence electrons. The molecule has 0 aliphatic rings. The molecule has 0 aliphatic heterocycles. The molecule has 0 bridgehead atoms. The number of aliphatic hydroxyl groups is 2. The minimum absolute atomic E-state index is 0.0823. The number of carbonyl (C=O) groups excluding carboxylic acids is 7. The van der Waals surface area contributed by atoms with Crippen LogP contribution in [0.25, 0.3) is 10.9 Å². The smallest absolute Gasteiger partial charge is 0.328 e. The van der Waals surface area contributed by atoms with Crippen molar-refractivity contribution in [2.75, 3.05) is 13.2 Å². The van der Waals surface area contributed by atoms with Crippen molar-refractivity contribution in [3.63, 3.8) is 0 Å². The maximum Gasteiger partial charge on any atom is 0.328 e. The van der Waals surface area contributed by atoms with Crippen molar-refractivity contribution in [2.24, 2.45) is 23.5 Å². The Morgan fingerprint density at radius 1 is 0.633 bits per heavy atom. The largest absolute Gasteiger partial charge is 0.480 e. The second kappa shape index (κ2) is 23.9. The molecule has 0 unspecified atom stereocenters. The van der Waals surface area contributed by atoms with Gasteiger partial charge >= 0.3 is 5.97 Å². The molecule has 1 aromatic heterocycles. The van der Waals surface area contributed by atoms with Gasteiger partial charge < -0.3 is 63.3 Å². The molecule has 60 heavy (non-hydrogen) atoms. The highest BCUT2D eigenvalue weighted by Crippen LogP contribution is 2.20. The van der Waals surface area contributed by atoms with E-state index in [1.807, 2.05) is 6.07 Å². The van der Waals surface area contributed by atoms with Crippen molar-refractivity contribution in [2.45, 2.75) is 123 Å². The van der Waals surface area contributed by atoms with E-state index in [1.165, 1.54) is 13.8 Å². The average molecular weight is 846 g/mol. The van der Waals surface area contributed by atoms with Gasteiger partial charge in [-0.2, -0.15) is 0 Å². The van der Waals surface area contributed by atoms with Crippen molar-refractivity contribution in [1.29, 1.82) is 0 Å². The SMILES string of the molecule is CC(C)C[C@H](NC(=O)[C@H](Cc1c[nH]c2ccccc12)NC(=O)[C@H](CO)NC(=O)[C@@H](NC(=O)[C@H](C)NC(=O)CN)C(C)C)C(=O)N[C@@H](CC(C)C)C(=O)N[C@H](C(=O)O)[C@@H](C)O. The summed E-state index contributed by atoms with van der Waals surface area (Å²) in [5, 5.41) is 47.9. The Balaban J connectivity index is 2.42. The maximum atomic E-state index is 14.2. The first kappa shape index (κ1) is 50.5. The fraction of sp³-hybridized carbons (Fsp3) is 0.600. The number of hydrogen-bond donors (Lipinski definition) is 12. The highest BCUT2D eigenvalue weighted by Gasteiger charge is 2.35. The van der Waals surface area contributed by atoms with E-state index in [0.29, 0.717) is 5.56 Å². The van der Waals surface area contributed by atoms with Crippen LogP contribution in [0.4, 0.5) is 0 Å². The minimum atomic E-state index is -1.65. The molecule has 0 fully saturated rings. The molecular weight excluding hydrogens is 782 g/mol. The number of H-pyrrole nitrogens is 1. The van der Waals surface area contributed by atoms with Gasteiger partial charge in [0.15, 0.2) is 6.04 Å². The van der Waals surface area contributed by atoms with E-state index >= 15 is 0 Å². The van der Waals surface area contributed by atoms with Crippen LogP contribution in [-0.2, 0) is 44.8 Å². The van der Waals surface area contributed by atoms with Gasteiger partial charge in [-0.1, -0.05) is 59.7 Å². The average Bonchev–Trinajstić information content (AvgIpc) is 3.58. The number of rotatable bonds is 24. The van der Waals surface area contributed by atoms with Gasteiger partial charge in [-0.3, -0.25) is 33.6 Å². The summed E-state index contributed by atoms with van der Waals surface area (Å²) < 4.78 is 0. The molecule has 0 spiro atoms. The van der Waals surface area contributed by atoms with E-state index in [9.17, 15) is 53.7 Å². The molecule has 0 aliphatic carbocycles. The van der Waals surface area contributed by atoms with Crippen molar-refractivity contribution >= 4 is 58.2 Å². The van der Waals surface area contributed by atoms with Crippen LogP contribution in [0.3, 0.4) is 0 Å². The molecule has 2 aromatic rings. The molecule has 1 heterocycles. The number of carboxylic acids is 1. The third kappa shape index (κ3) is 15.5. The summed E-state index contributed by atoms with van der Waals surface area (Å²) in [4.78, 5) is 108. The summed E-state index contributed by atoms with van der Waals surface area (Å²) in [6, 6.07) is -2.19. The summed E-state index contributed by atoms with van der Waals surface area (Å²) in [6.45, 7) is 11.8. The minimum Gasteiger partial charge on any atom is -0.480 e. The second-order valence-electron chi connectivity index (χ2n) is 16.0. The Kier molecular flexibility index (Phi) is 20.1. The fourth-order valence-corrected chi connectivity index (χ4v) is 6.23. The van der Waals surface area contributed by atoms with Gasteiger partial charge in [-0.15, -0.1) is 0 Å². The summed E-state index contributed by atoms with van der Waals surface area (Å²) in [5.74, 6) is -7.84. The number of benzene rings is 1. The van der Waals surface area contributed by atoms with E-state index < -0.39 is 108 Å². The normalized spacial score (nSPS) is 15.4. The van der Waals surface area contributed by atoms with Gasteiger partial charge in [0.05, 0.1) is 19.3 Å². The lowest BCUT2D eigenvalue weighted by Crippen LogP contribution is -2.61. The topological polar surface area (TPSA) is 323 Å². The first-order valence-corrected chi connectivity index (χ1v) is 20.0. The monoisotopic (exact) mass is 845 g/mol. The summed E-state index contributed by atoms with van der Waals surface area (Å²) in [7, 11) is 0. The van der Waals surface area contributed by atoms with E-state index in [2.05, 4.69) is 42.2 Å². The molecule has 13 N–H and O–H groups in total. The lowest BCUT2D eigenvalue weighted by Gasteiger charge is -2.29. The first-order valence-electron chi connectivity index (χ1n) is 20.0. The van der Waals surface area contributed by atoms with Gasteiger partial charge in [0, 0.05) is 23.5 Å². The lowest BCUT2D eigenvalue weighted by atomic mass is 9.98. The molecule has 7 amide bonds. The zero-order valence-corrected chi connectivity index (χ0v) is 35.5. The Bertz CT molecular complexity index is 1810. The van der Waals surface area contributed by atoms with Crippen LogP contribution in [0.1, 0.15) is 73.8 Å². The van der Waals surface area contributed by atoms with Gasteiger partial charge in [-0.05, 0) is 56.1 Å². The number of carbonyl (C=O) groups is 8. The van der Waals surface area contributed by atoms with Crippen LogP contribution in [0.5, 0.6) is 0 Å². The highest BCUT2D eigenvalue weighted by atomic mass is 16.4. The molecule has 0 radical (unpaired) electrons. The van der Waals surface area contributed by atoms with E-state index in [-0.39, 0.29) is 37.6 Å². The molecule has 0 saturated carbocycles. The van der Waals surface area contributed by atoms with Crippen molar-refractivity contribution in [1.82, 2.24) is 42.2 Å². The van der Waals surface area contributed by atoms with Gasteiger partial charge in [0.1, 0.15) is 36.3 Å². The van der Waals surface area contributed by atoms with Crippen molar-refractivity contribution < 1.29 is 53.7 Å². The first-order chi connectivity index (χ1) is 28.1. The Morgan fingerprint density at radius 3 is 1.62 bits per heavy atom. The maximum absolute atomic E-state index is 14.2. The number of fused-ring (bicyclic) bond motifs is 1. The number of para-hydroxylation sites is 1. The Hall–Kier alpha value is -5.60. The number of hydrogen-bond acceptors (Lipinski definition) is 11. The molecule has 8 atom stereocenters. The summed E-state index contributed by atoms with van der Waals surface area (Å²) in [5.41, 5.74) is 6.66. The van der Waals surface area contributed by atoms with Crippen LogP contribution < -0.4 is 43.0 Å². The van der Waals surface area contributed by atoms with Crippen LogP contribution in [-0.4, -0.2) is 129 Å². The molecular formula is C40H63N9O11. The quantitative estimate of drug-likeness (QED) is 0.0562. The molecule has 0 saturated heterocycles. The standard InChI is InChI=1S/C40H63N9O11/c1-19(2)13-27(35(54)45-28(14-20(3)4)37(56)49-33(23(8)51)40(59)60)44-36(55)29(15-24-17-42-26-12-10-9-11-25(24)26)46-38(57)30(18-50)47-39(58)32(21(5)6)48-34(53)22(7)43-31(52)16-41/h9-12,17,19-23,27-30,32-33,42,50-51H,13-16,18,41H2,1-8H3,(H,43,52)(H,44,55)(H,45,54)(H,46,57)(H,47,58)(H,48,53)(H,49,56)(H,59,60)/t22-,23+,27-,28-,29-,30-,32-,33-/m0/s1. The van der Waals surface area contributed by atoms with Gasteiger partial charge in [0.25, 0.3) is 0 Å². The number of aromatic nitrogens is 1. The lowest BCUT2D eigenvalue weighted by molar-refractivity contribution is -0.145. The summed E-state index contributed by atoms with van der Waals surface area (Å²) in [6.07, 6.45) is 0.264. The Labute approximate surface area is 349 Å². The number of nitrogens with two attached hydrogens (primary N) is 1. The molecule has 2 rings (SSSR count). The number of aliphatic hydroxyl groups excluding tert-OH is 2. The zero-order chi connectivity index (χ0) is 45.4. The zero-order valence-electron chi connectivity index (χ0n) is 35.5. The number of amides is 7. The Morgan fingerprint density at radius 2 is 1.12 bits per heavy atom. The predicted molar refractivity (Wildman–Crippen MR) is 220 cm³/mol. The van der Waals surface area contributed by atoms with Crippen LogP contribution in [0, 0.1) is 17.8 Å². The number of aliphatic carboxylic acids is 1. The fourth-order valence-electron chi connectivity index (χ4n) is 6.23. The third-order valence-corrected chi connectivity index (χ3v) is 9.48. The van der Waals surface area contributed by atoms with Crippen LogP contribution in [0.2, 0.25) is 0 Å². The van der Waals surface area contributed by atoms with Gasteiger partial charge in [0.2, 0.25) is 41.4 Å². The van der Waals surface area contributed by atoms with E-state index in [4.69, 9.17) is 5.73 Å². The second-order valence-corrected chi connectivity index (χ2v) is 16.0. The van der Waals surface area contributed by atoms with Crippen LogP contribution in [0.15, 0.2) is 30.5 Å². The van der Waals surface area contributed by atoms with Gasteiger partial charge in [-0.25, -0.2) is 4.79 Å². The highest BCUT2D eigenvalue weighted by molar-refractivity contribution is 5.98. The van der Waals surface area contributed by atoms with Crippen molar-refractivity contribution in [3.8, 4) is 0 Å². The third-order valence-electron chi connectivity index (χ3n) is 9.48. The number of carboxylic acid groups (broad SMARTS) is 1. The van der Waals surface area contributed by atoms with Crippen LogP contribution >= 0.6 is 0 Å².